The summed E-state index contributed by atoms with van der Waals surface area (Å²) in [6.45, 7) is 1.58. The van der Waals surface area contributed by atoms with Gasteiger partial charge in [-0.15, -0.1) is 0 Å². The second-order valence-corrected chi connectivity index (χ2v) is 5.32. The molecule has 4 nitrogen and oxygen atoms in total. The Balaban J connectivity index is 1.55. The van der Waals surface area contributed by atoms with E-state index in [1.807, 2.05) is 35.4 Å². The summed E-state index contributed by atoms with van der Waals surface area (Å²) in [5, 5.41) is 2.95. The third-order valence-corrected chi connectivity index (χ3v) is 3.65. The van der Waals surface area contributed by atoms with Crippen LogP contribution in [0, 0.1) is 5.92 Å². The van der Waals surface area contributed by atoms with Crippen LogP contribution in [0.3, 0.4) is 0 Å². The zero-order valence-electron chi connectivity index (χ0n) is 11.5. The van der Waals surface area contributed by atoms with Gasteiger partial charge in [0.15, 0.2) is 0 Å². The average Bonchev–Trinajstić information content (AvgIpc) is 3.32. The van der Waals surface area contributed by atoms with Crippen LogP contribution in [0.2, 0.25) is 0 Å². The van der Waals surface area contributed by atoms with Gasteiger partial charge in [-0.2, -0.15) is 0 Å². The standard InChI is InChI=1S/C16H19N3O/c20-16(17-9-8-13-4-5-13)14-6-7-15(18-12-14)19-10-2-1-3-11-19/h1-3,6-7,10,12-13H,4-5,8-9,11H2,(H,17,20). The topological polar surface area (TPSA) is 45.2 Å². The minimum atomic E-state index is -0.0289. The fourth-order valence-corrected chi connectivity index (χ4v) is 2.23. The molecule has 0 bridgehead atoms. The molecular formula is C16H19N3O. The number of allylic oxidation sites excluding steroid dienone is 2. The molecule has 1 aliphatic heterocycles. The molecule has 4 heteroatoms. The zero-order valence-corrected chi connectivity index (χ0v) is 11.5. The largest absolute Gasteiger partial charge is 0.352 e. The van der Waals surface area contributed by atoms with Gasteiger partial charge >= 0.3 is 0 Å². The molecule has 1 saturated carbocycles. The second kappa shape index (κ2) is 5.90. The van der Waals surface area contributed by atoms with Crippen LogP contribution in [0.1, 0.15) is 29.6 Å². The fraction of sp³-hybridized carbons (Fsp3) is 0.375. The van der Waals surface area contributed by atoms with E-state index in [1.165, 1.54) is 12.8 Å². The number of aromatic nitrogens is 1. The highest BCUT2D eigenvalue weighted by Gasteiger charge is 2.20. The summed E-state index contributed by atoms with van der Waals surface area (Å²) < 4.78 is 0. The van der Waals surface area contributed by atoms with Crippen LogP contribution < -0.4 is 10.2 Å². The van der Waals surface area contributed by atoms with Gasteiger partial charge in [0.2, 0.25) is 0 Å². The monoisotopic (exact) mass is 269 g/mol. The summed E-state index contributed by atoms with van der Waals surface area (Å²) in [6.07, 6.45) is 13.4. The first-order valence-electron chi connectivity index (χ1n) is 7.17. The van der Waals surface area contributed by atoms with Crippen molar-refractivity contribution in [3.63, 3.8) is 0 Å². The summed E-state index contributed by atoms with van der Waals surface area (Å²) in [4.78, 5) is 18.3. The van der Waals surface area contributed by atoms with Crippen LogP contribution in [0.5, 0.6) is 0 Å². The zero-order chi connectivity index (χ0) is 13.8. The number of pyridine rings is 1. The molecule has 0 spiro atoms. The predicted molar refractivity (Wildman–Crippen MR) is 79.5 cm³/mol. The number of hydrogen-bond donors (Lipinski definition) is 1. The Kier molecular flexibility index (Phi) is 3.81. The molecule has 104 valence electrons. The van der Waals surface area contributed by atoms with Gasteiger partial charge in [-0.1, -0.05) is 25.0 Å². The molecule has 1 amide bonds. The van der Waals surface area contributed by atoms with Crippen molar-refractivity contribution in [2.24, 2.45) is 5.92 Å². The molecule has 3 rings (SSSR count). The van der Waals surface area contributed by atoms with E-state index < -0.39 is 0 Å². The van der Waals surface area contributed by atoms with Crippen molar-refractivity contribution in [2.45, 2.75) is 19.3 Å². The van der Waals surface area contributed by atoms with E-state index in [9.17, 15) is 4.79 Å². The van der Waals surface area contributed by atoms with E-state index in [1.54, 1.807) is 6.20 Å². The van der Waals surface area contributed by atoms with Crippen LogP contribution in [0.15, 0.2) is 42.8 Å². The van der Waals surface area contributed by atoms with Crippen molar-refractivity contribution < 1.29 is 4.79 Å². The summed E-state index contributed by atoms with van der Waals surface area (Å²) in [5.41, 5.74) is 0.626. The van der Waals surface area contributed by atoms with Crippen LogP contribution in [-0.2, 0) is 0 Å². The van der Waals surface area contributed by atoms with E-state index in [-0.39, 0.29) is 5.91 Å². The Labute approximate surface area is 119 Å². The fourth-order valence-electron chi connectivity index (χ4n) is 2.23. The first-order chi connectivity index (χ1) is 9.83. The van der Waals surface area contributed by atoms with Gasteiger partial charge in [-0.25, -0.2) is 4.98 Å². The molecule has 0 radical (unpaired) electrons. The molecule has 1 fully saturated rings. The molecule has 0 atom stereocenters. The highest BCUT2D eigenvalue weighted by Crippen LogP contribution is 2.31. The second-order valence-electron chi connectivity index (χ2n) is 5.32. The average molecular weight is 269 g/mol. The number of amides is 1. The Bertz CT molecular complexity index is 529. The lowest BCUT2D eigenvalue weighted by molar-refractivity contribution is 0.0952. The molecule has 20 heavy (non-hydrogen) atoms. The first-order valence-corrected chi connectivity index (χ1v) is 7.17. The van der Waals surface area contributed by atoms with Crippen LogP contribution >= 0.6 is 0 Å². The quantitative estimate of drug-likeness (QED) is 0.893. The normalized spacial score (nSPS) is 17.3. The van der Waals surface area contributed by atoms with Crippen LogP contribution in [0.4, 0.5) is 5.82 Å². The van der Waals surface area contributed by atoms with E-state index >= 15 is 0 Å². The number of nitrogens with zero attached hydrogens (tertiary/aromatic N) is 2. The van der Waals surface area contributed by atoms with Gasteiger partial charge in [-0.05, 0) is 30.5 Å². The summed E-state index contributed by atoms with van der Waals surface area (Å²) in [5.74, 6) is 1.67. The van der Waals surface area contributed by atoms with Crippen LogP contribution in [-0.4, -0.2) is 24.0 Å². The molecule has 0 saturated heterocycles. The Hall–Kier alpha value is -2.10. The molecule has 2 heterocycles. The maximum atomic E-state index is 11.9. The lowest BCUT2D eigenvalue weighted by Gasteiger charge is -2.19. The smallest absolute Gasteiger partial charge is 0.252 e. The molecule has 1 N–H and O–H groups in total. The maximum absolute atomic E-state index is 11.9. The van der Waals surface area contributed by atoms with Crippen molar-refractivity contribution >= 4 is 11.7 Å². The lowest BCUT2D eigenvalue weighted by atomic mass is 10.2. The molecule has 0 aromatic carbocycles. The molecule has 1 aliphatic carbocycles. The highest BCUT2D eigenvalue weighted by atomic mass is 16.1. The minimum absolute atomic E-state index is 0.0289. The number of carbonyl (C=O) groups is 1. The molecule has 2 aliphatic rings. The minimum Gasteiger partial charge on any atom is -0.352 e. The number of nitrogens with one attached hydrogen (secondary N) is 1. The molecular weight excluding hydrogens is 250 g/mol. The van der Waals surface area contributed by atoms with Crippen molar-refractivity contribution in [3.8, 4) is 0 Å². The van der Waals surface area contributed by atoms with Crippen molar-refractivity contribution in [3.05, 3.63) is 48.3 Å². The van der Waals surface area contributed by atoms with Crippen molar-refractivity contribution in [2.75, 3.05) is 18.0 Å². The lowest BCUT2D eigenvalue weighted by Crippen LogP contribution is -2.25. The van der Waals surface area contributed by atoms with E-state index in [4.69, 9.17) is 0 Å². The van der Waals surface area contributed by atoms with E-state index in [0.717, 1.165) is 31.2 Å². The van der Waals surface area contributed by atoms with Crippen molar-refractivity contribution in [1.29, 1.82) is 0 Å². The predicted octanol–water partition coefficient (Wildman–Crippen LogP) is 2.50. The van der Waals surface area contributed by atoms with Gasteiger partial charge in [0, 0.05) is 25.5 Å². The van der Waals surface area contributed by atoms with Crippen LogP contribution in [0.25, 0.3) is 0 Å². The van der Waals surface area contributed by atoms with E-state index in [2.05, 4.69) is 16.4 Å². The van der Waals surface area contributed by atoms with Gasteiger partial charge < -0.3 is 10.2 Å². The number of rotatable bonds is 5. The summed E-state index contributed by atoms with van der Waals surface area (Å²) in [7, 11) is 0. The summed E-state index contributed by atoms with van der Waals surface area (Å²) in [6, 6.07) is 3.72. The molecule has 0 unspecified atom stereocenters. The Morgan fingerprint density at radius 3 is 2.90 bits per heavy atom. The third kappa shape index (κ3) is 3.26. The third-order valence-electron chi connectivity index (χ3n) is 3.65. The van der Waals surface area contributed by atoms with E-state index in [0.29, 0.717) is 5.56 Å². The first kappa shape index (κ1) is 12.9. The van der Waals surface area contributed by atoms with Gasteiger partial charge in [0.05, 0.1) is 5.56 Å². The maximum Gasteiger partial charge on any atom is 0.252 e. The number of carbonyl (C=O) groups excluding carboxylic acids is 1. The highest BCUT2D eigenvalue weighted by molar-refractivity contribution is 5.94. The van der Waals surface area contributed by atoms with Gasteiger partial charge in [0.1, 0.15) is 5.82 Å². The SMILES string of the molecule is O=C(NCCC1CC1)c1ccc(N2C=CC=CC2)nc1. The number of hydrogen-bond acceptors (Lipinski definition) is 3. The summed E-state index contributed by atoms with van der Waals surface area (Å²) >= 11 is 0. The Morgan fingerprint density at radius 2 is 2.25 bits per heavy atom. The molecule has 1 aromatic heterocycles. The number of anilines is 1. The Morgan fingerprint density at radius 1 is 1.35 bits per heavy atom. The van der Waals surface area contributed by atoms with Crippen molar-refractivity contribution in [1.82, 2.24) is 10.3 Å². The van der Waals surface area contributed by atoms with Gasteiger partial charge in [-0.3, -0.25) is 4.79 Å². The molecule has 1 aromatic rings. The van der Waals surface area contributed by atoms with Gasteiger partial charge in [0.25, 0.3) is 5.91 Å².